The Kier molecular flexibility index (Phi) is 6.48. The molecule has 0 aliphatic carbocycles. The maximum absolute atomic E-state index is 10.7. The Morgan fingerprint density at radius 3 is 2.64 bits per heavy atom. The molecule has 3 heteroatoms. The van der Waals surface area contributed by atoms with Gasteiger partial charge in [0.2, 0.25) is 0 Å². The molecular weight excluding hydrogens is 144 g/mol. The van der Waals surface area contributed by atoms with Crippen molar-refractivity contribution in [1.82, 2.24) is 0 Å². The molecule has 0 bridgehead atoms. The molecule has 0 aromatic heterocycles. The van der Waals surface area contributed by atoms with Crippen LogP contribution in [0.4, 0.5) is 0 Å². The van der Waals surface area contributed by atoms with Gasteiger partial charge in [0.1, 0.15) is 0 Å². The van der Waals surface area contributed by atoms with Crippen molar-refractivity contribution >= 4 is 5.97 Å². The van der Waals surface area contributed by atoms with Gasteiger partial charge in [0.15, 0.2) is 0 Å². The lowest BCUT2D eigenvalue weighted by molar-refractivity contribution is -0.142. The Hall–Kier alpha value is -0.990. The molecule has 0 aromatic rings. The van der Waals surface area contributed by atoms with E-state index in [-0.39, 0.29) is 12.4 Å². The second-order valence-corrected chi connectivity index (χ2v) is 1.84. The number of ether oxygens (including phenoxy) is 2. The van der Waals surface area contributed by atoms with Gasteiger partial charge in [-0.3, -0.25) is 4.79 Å². The molecule has 3 nitrogen and oxygen atoms in total. The highest BCUT2D eigenvalue weighted by atomic mass is 16.5. The van der Waals surface area contributed by atoms with Gasteiger partial charge in [0.25, 0.3) is 0 Å². The van der Waals surface area contributed by atoms with Crippen LogP contribution < -0.4 is 0 Å². The molecule has 0 atom stereocenters. The summed E-state index contributed by atoms with van der Waals surface area (Å²) in [5, 5.41) is 0. The van der Waals surface area contributed by atoms with E-state index < -0.39 is 0 Å². The summed E-state index contributed by atoms with van der Waals surface area (Å²) in [5.74, 6) is -0.219. The third-order valence-electron chi connectivity index (χ3n) is 0.949. The van der Waals surface area contributed by atoms with Crippen LogP contribution >= 0.6 is 0 Å². The Morgan fingerprint density at radius 1 is 1.36 bits per heavy atom. The zero-order chi connectivity index (χ0) is 8.53. The lowest BCUT2D eigenvalue weighted by atomic mass is 10.4. The van der Waals surface area contributed by atoms with E-state index in [0.717, 1.165) is 0 Å². The van der Waals surface area contributed by atoms with E-state index in [4.69, 9.17) is 4.74 Å². The van der Waals surface area contributed by atoms with E-state index >= 15 is 0 Å². The predicted octanol–water partition coefficient (Wildman–Crippen LogP) is 1.49. The largest absolute Gasteiger partial charge is 0.502 e. The number of hydrogen-bond donors (Lipinski definition) is 0. The standard InChI is InChI=1S/C8H14O3/c1-3-10-7-5-6-8(9)11-4-2/h5,7H,3-4,6H2,1-2H3/b7-5-. The highest BCUT2D eigenvalue weighted by molar-refractivity contribution is 5.70. The van der Waals surface area contributed by atoms with Gasteiger partial charge < -0.3 is 9.47 Å². The van der Waals surface area contributed by atoms with Crippen molar-refractivity contribution in [2.75, 3.05) is 13.2 Å². The van der Waals surface area contributed by atoms with Crippen molar-refractivity contribution in [1.29, 1.82) is 0 Å². The van der Waals surface area contributed by atoms with Crippen molar-refractivity contribution in [2.45, 2.75) is 20.3 Å². The first kappa shape index (κ1) is 10.0. The minimum Gasteiger partial charge on any atom is -0.502 e. The van der Waals surface area contributed by atoms with Gasteiger partial charge in [-0.25, -0.2) is 0 Å². The van der Waals surface area contributed by atoms with E-state index in [9.17, 15) is 4.79 Å². The van der Waals surface area contributed by atoms with Crippen molar-refractivity contribution < 1.29 is 14.3 Å². The fraction of sp³-hybridized carbons (Fsp3) is 0.625. The quantitative estimate of drug-likeness (QED) is 0.449. The molecule has 0 saturated heterocycles. The van der Waals surface area contributed by atoms with Crippen LogP contribution in [0.2, 0.25) is 0 Å². The average Bonchev–Trinajstić information content (AvgIpc) is 1.99. The number of esters is 1. The summed E-state index contributed by atoms with van der Waals surface area (Å²) in [4.78, 5) is 10.7. The molecule has 0 radical (unpaired) electrons. The van der Waals surface area contributed by atoms with Crippen LogP contribution in [0, 0.1) is 0 Å². The van der Waals surface area contributed by atoms with Gasteiger partial charge in [0, 0.05) is 0 Å². The zero-order valence-electron chi connectivity index (χ0n) is 7.00. The topological polar surface area (TPSA) is 35.5 Å². The fourth-order valence-electron chi connectivity index (χ4n) is 0.529. The maximum atomic E-state index is 10.7. The molecule has 0 fully saturated rings. The normalized spacial score (nSPS) is 10.0. The molecule has 0 amide bonds. The summed E-state index contributed by atoms with van der Waals surface area (Å²) in [6, 6.07) is 0. The number of carbonyl (C=O) groups is 1. The lowest BCUT2D eigenvalue weighted by Gasteiger charge is -1.96. The second kappa shape index (κ2) is 7.12. The number of carbonyl (C=O) groups excluding carboxylic acids is 1. The molecular formula is C8H14O3. The van der Waals surface area contributed by atoms with Crippen LogP contribution in [0.25, 0.3) is 0 Å². The van der Waals surface area contributed by atoms with Crippen molar-refractivity contribution in [3.8, 4) is 0 Å². The molecule has 0 saturated carbocycles. The van der Waals surface area contributed by atoms with E-state index in [1.165, 1.54) is 6.26 Å². The van der Waals surface area contributed by atoms with Crippen LogP contribution in [-0.2, 0) is 14.3 Å². The van der Waals surface area contributed by atoms with Gasteiger partial charge in [0.05, 0.1) is 25.9 Å². The summed E-state index contributed by atoms with van der Waals surface area (Å²) < 4.78 is 9.55. The van der Waals surface area contributed by atoms with Gasteiger partial charge in [-0.15, -0.1) is 0 Å². The number of hydrogen-bond acceptors (Lipinski definition) is 3. The molecule has 11 heavy (non-hydrogen) atoms. The van der Waals surface area contributed by atoms with Crippen LogP contribution in [0.15, 0.2) is 12.3 Å². The van der Waals surface area contributed by atoms with Crippen LogP contribution in [-0.4, -0.2) is 19.2 Å². The molecule has 0 rings (SSSR count). The van der Waals surface area contributed by atoms with Crippen LogP contribution in [0.3, 0.4) is 0 Å². The van der Waals surface area contributed by atoms with Gasteiger partial charge in [-0.2, -0.15) is 0 Å². The van der Waals surface area contributed by atoms with E-state index in [2.05, 4.69) is 4.74 Å². The van der Waals surface area contributed by atoms with E-state index in [1.54, 1.807) is 13.0 Å². The first-order valence-electron chi connectivity index (χ1n) is 3.73. The Balaban J connectivity index is 3.29. The molecule has 0 N–H and O–H groups in total. The van der Waals surface area contributed by atoms with Crippen molar-refractivity contribution in [3.05, 3.63) is 12.3 Å². The molecule has 0 aliphatic heterocycles. The van der Waals surface area contributed by atoms with E-state index in [0.29, 0.717) is 13.2 Å². The minimum atomic E-state index is -0.219. The predicted molar refractivity (Wildman–Crippen MR) is 42.0 cm³/mol. The van der Waals surface area contributed by atoms with Gasteiger partial charge >= 0.3 is 5.97 Å². The SMILES string of the molecule is CCO/C=C\CC(=O)OCC. The monoisotopic (exact) mass is 158 g/mol. The Labute approximate surface area is 67.0 Å². The highest BCUT2D eigenvalue weighted by Crippen LogP contribution is 1.88. The Morgan fingerprint density at radius 2 is 2.09 bits per heavy atom. The summed E-state index contributed by atoms with van der Waals surface area (Å²) in [6.07, 6.45) is 3.44. The highest BCUT2D eigenvalue weighted by Gasteiger charge is 1.95. The number of rotatable bonds is 5. The minimum absolute atomic E-state index is 0.219. The summed E-state index contributed by atoms with van der Waals surface area (Å²) >= 11 is 0. The third-order valence-corrected chi connectivity index (χ3v) is 0.949. The van der Waals surface area contributed by atoms with Gasteiger partial charge in [-0.1, -0.05) is 0 Å². The summed E-state index contributed by atoms with van der Waals surface area (Å²) in [5.41, 5.74) is 0. The smallest absolute Gasteiger partial charge is 0.309 e. The summed E-state index contributed by atoms with van der Waals surface area (Å²) in [6.45, 7) is 4.72. The second-order valence-electron chi connectivity index (χ2n) is 1.84. The molecule has 0 unspecified atom stereocenters. The van der Waals surface area contributed by atoms with Gasteiger partial charge in [-0.05, 0) is 19.9 Å². The molecule has 0 aliphatic rings. The van der Waals surface area contributed by atoms with E-state index in [1.807, 2.05) is 6.92 Å². The first-order chi connectivity index (χ1) is 5.31. The molecule has 0 aromatic carbocycles. The fourth-order valence-corrected chi connectivity index (χ4v) is 0.529. The average molecular weight is 158 g/mol. The maximum Gasteiger partial charge on any atom is 0.309 e. The molecule has 0 heterocycles. The lowest BCUT2D eigenvalue weighted by Crippen LogP contribution is -2.01. The van der Waals surface area contributed by atoms with Crippen molar-refractivity contribution in [3.63, 3.8) is 0 Å². The third kappa shape index (κ3) is 6.90. The van der Waals surface area contributed by atoms with Crippen molar-refractivity contribution in [2.24, 2.45) is 0 Å². The molecule has 64 valence electrons. The summed E-state index contributed by atoms with van der Waals surface area (Å²) in [7, 11) is 0. The Bertz CT molecular complexity index is 129. The van der Waals surface area contributed by atoms with Crippen LogP contribution in [0.1, 0.15) is 20.3 Å². The zero-order valence-corrected chi connectivity index (χ0v) is 7.00. The molecule has 0 spiro atoms. The first-order valence-corrected chi connectivity index (χ1v) is 3.73. The van der Waals surface area contributed by atoms with Crippen LogP contribution in [0.5, 0.6) is 0 Å².